The molecule has 0 aromatic carbocycles. The van der Waals surface area contributed by atoms with Gasteiger partial charge >= 0.3 is 0 Å². The minimum atomic E-state index is 0.689. The van der Waals surface area contributed by atoms with Gasteiger partial charge < -0.3 is 9.72 Å². The quantitative estimate of drug-likeness (QED) is 0.626. The smallest absolute Gasteiger partial charge is 0.159 e. The highest BCUT2D eigenvalue weighted by Crippen LogP contribution is 2.19. The average molecular weight is 163 g/mol. The lowest BCUT2D eigenvalue weighted by atomic mass is 10.3. The fourth-order valence-corrected chi connectivity index (χ4v) is 1.65. The Kier molecular flexibility index (Phi) is 1.10. The summed E-state index contributed by atoms with van der Waals surface area (Å²) < 4.78 is 7.38. The van der Waals surface area contributed by atoms with E-state index in [1.165, 1.54) is 11.1 Å². The van der Waals surface area contributed by atoms with Crippen molar-refractivity contribution < 1.29 is 4.74 Å². The van der Waals surface area contributed by atoms with Crippen molar-refractivity contribution >= 4 is 11.0 Å². The number of hydrogen-bond acceptors (Lipinski definition) is 2. The molecule has 0 amide bonds. The molecule has 1 N–H and O–H groups in total. The molecule has 0 spiro atoms. The molecular weight excluding hydrogens is 154 g/mol. The van der Waals surface area contributed by atoms with Crippen LogP contribution in [-0.2, 0) is 17.9 Å². The van der Waals surface area contributed by atoms with Crippen molar-refractivity contribution in [2.75, 3.05) is 6.61 Å². The van der Waals surface area contributed by atoms with Crippen LogP contribution in [0.4, 0.5) is 0 Å². The summed E-state index contributed by atoms with van der Waals surface area (Å²) in [5, 5.41) is 5.58. The molecule has 1 aliphatic rings. The van der Waals surface area contributed by atoms with Gasteiger partial charge in [0, 0.05) is 11.6 Å². The summed E-state index contributed by atoms with van der Waals surface area (Å²) in [6.45, 7) is 2.34. The molecule has 0 fully saturated rings. The van der Waals surface area contributed by atoms with Gasteiger partial charge in [0.2, 0.25) is 0 Å². The van der Waals surface area contributed by atoms with Gasteiger partial charge in [-0.05, 0) is 6.07 Å². The van der Waals surface area contributed by atoms with Gasteiger partial charge in [0.25, 0.3) is 0 Å². The summed E-state index contributed by atoms with van der Waals surface area (Å²) in [5.41, 5.74) is 2.16. The molecule has 0 unspecified atom stereocenters. The van der Waals surface area contributed by atoms with Crippen LogP contribution in [0.1, 0.15) is 5.69 Å². The number of nitrogens with one attached hydrogen (secondary N) is 1. The van der Waals surface area contributed by atoms with Crippen molar-refractivity contribution in [2.24, 2.45) is 0 Å². The van der Waals surface area contributed by atoms with E-state index in [2.05, 4.69) is 10.1 Å². The molecule has 0 atom stereocenters. The van der Waals surface area contributed by atoms with Crippen molar-refractivity contribution in [3.63, 3.8) is 0 Å². The lowest BCUT2D eigenvalue weighted by molar-refractivity contribution is 0.0811. The number of nitrogens with zero attached hydrogens (tertiary/aromatic N) is 2. The Labute approximate surface area is 69.1 Å². The standard InChI is InChI=1S/C8H9N3O/c1-2-9-8-6(1)7-5-12-4-3-11(7)10-8/h1-2H,3-5H2,(H,9,10). The van der Waals surface area contributed by atoms with Gasteiger partial charge in [0.05, 0.1) is 25.5 Å². The van der Waals surface area contributed by atoms with Crippen LogP contribution in [0.5, 0.6) is 0 Å². The summed E-state index contributed by atoms with van der Waals surface area (Å²) in [5.74, 6) is 0. The van der Waals surface area contributed by atoms with E-state index in [1.54, 1.807) is 0 Å². The highest BCUT2D eigenvalue weighted by molar-refractivity contribution is 5.78. The SMILES string of the molecule is c1cc2c3n(nc2[nH]1)CCOC3. The molecular formula is C8H9N3O. The van der Waals surface area contributed by atoms with Gasteiger partial charge in [-0.1, -0.05) is 0 Å². The van der Waals surface area contributed by atoms with Crippen molar-refractivity contribution in [3.8, 4) is 0 Å². The summed E-state index contributed by atoms with van der Waals surface area (Å²) >= 11 is 0. The summed E-state index contributed by atoms with van der Waals surface area (Å²) in [7, 11) is 0. The fourth-order valence-electron chi connectivity index (χ4n) is 1.65. The molecule has 0 bridgehead atoms. The normalized spacial score (nSPS) is 16.7. The number of rotatable bonds is 0. The molecule has 0 saturated carbocycles. The van der Waals surface area contributed by atoms with Crippen LogP contribution in [0.25, 0.3) is 11.0 Å². The van der Waals surface area contributed by atoms with Gasteiger partial charge in [-0.25, -0.2) is 0 Å². The van der Waals surface area contributed by atoms with E-state index < -0.39 is 0 Å². The fraction of sp³-hybridized carbons (Fsp3) is 0.375. The van der Waals surface area contributed by atoms with Crippen LogP contribution in [0, 0.1) is 0 Å². The van der Waals surface area contributed by atoms with E-state index >= 15 is 0 Å². The third-order valence-corrected chi connectivity index (χ3v) is 2.25. The topological polar surface area (TPSA) is 42.8 Å². The first-order valence-corrected chi connectivity index (χ1v) is 4.06. The van der Waals surface area contributed by atoms with Crippen LogP contribution in [0.15, 0.2) is 12.3 Å². The summed E-state index contributed by atoms with van der Waals surface area (Å²) in [6, 6.07) is 2.04. The Morgan fingerprint density at radius 1 is 1.58 bits per heavy atom. The predicted molar refractivity (Wildman–Crippen MR) is 43.7 cm³/mol. The molecule has 2 aromatic heterocycles. The molecule has 0 saturated heterocycles. The third-order valence-electron chi connectivity index (χ3n) is 2.25. The molecule has 12 heavy (non-hydrogen) atoms. The Morgan fingerprint density at radius 3 is 3.58 bits per heavy atom. The van der Waals surface area contributed by atoms with Crippen LogP contribution in [-0.4, -0.2) is 21.4 Å². The molecule has 62 valence electrons. The van der Waals surface area contributed by atoms with Gasteiger partial charge in [-0.3, -0.25) is 4.68 Å². The maximum Gasteiger partial charge on any atom is 0.159 e. The van der Waals surface area contributed by atoms with Gasteiger partial charge in [0.1, 0.15) is 0 Å². The van der Waals surface area contributed by atoms with E-state index in [4.69, 9.17) is 4.74 Å². The number of H-pyrrole nitrogens is 1. The maximum atomic E-state index is 5.36. The van der Waals surface area contributed by atoms with Crippen LogP contribution >= 0.6 is 0 Å². The van der Waals surface area contributed by atoms with Gasteiger partial charge in [0.15, 0.2) is 5.65 Å². The first kappa shape index (κ1) is 6.25. The molecule has 1 aliphatic heterocycles. The number of hydrogen-bond donors (Lipinski definition) is 1. The van der Waals surface area contributed by atoms with Crippen LogP contribution in [0.2, 0.25) is 0 Å². The number of ether oxygens (including phenoxy) is 1. The monoisotopic (exact) mass is 163 g/mol. The van der Waals surface area contributed by atoms with E-state index in [0.29, 0.717) is 6.61 Å². The number of aromatic amines is 1. The maximum absolute atomic E-state index is 5.36. The van der Waals surface area contributed by atoms with Gasteiger partial charge in [-0.15, -0.1) is 0 Å². The largest absolute Gasteiger partial charge is 0.373 e. The minimum absolute atomic E-state index is 0.689. The average Bonchev–Trinajstić information content (AvgIpc) is 2.62. The van der Waals surface area contributed by atoms with Crippen molar-refractivity contribution in [1.29, 1.82) is 0 Å². The molecule has 0 aliphatic carbocycles. The second-order valence-electron chi connectivity index (χ2n) is 2.96. The molecule has 0 radical (unpaired) electrons. The Balaban J connectivity index is 2.34. The zero-order valence-corrected chi connectivity index (χ0v) is 6.58. The van der Waals surface area contributed by atoms with Crippen molar-refractivity contribution in [1.82, 2.24) is 14.8 Å². The van der Waals surface area contributed by atoms with E-state index in [-0.39, 0.29) is 0 Å². The first-order chi connectivity index (χ1) is 5.95. The van der Waals surface area contributed by atoms with E-state index in [1.807, 2.05) is 16.9 Å². The van der Waals surface area contributed by atoms with Crippen LogP contribution in [0.3, 0.4) is 0 Å². The highest BCUT2D eigenvalue weighted by atomic mass is 16.5. The number of fused-ring (bicyclic) bond motifs is 3. The third kappa shape index (κ3) is 0.674. The zero-order valence-electron chi connectivity index (χ0n) is 6.58. The van der Waals surface area contributed by atoms with Gasteiger partial charge in [-0.2, -0.15) is 5.10 Å². The second kappa shape index (κ2) is 2.10. The van der Waals surface area contributed by atoms with Crippen LogP contribution < -0.4 is 0 Å². The minimum Gasteiger partial charge on any atom is -0.373 e. The predicted octanol–water partition coefficient (Wildman–Crippen LogP) is 0.895. The van der Waals surface area contributed by atoms with Crippen molar-refractivity contribution in [3.05, 3.63) is 18.0 Å². The zero-order chi connectivity index (χ0) is 7.97. The molecule has 4 heteroatoms. The molecule has 4 nitrogen and oxygen atoms in total. The molecule has 3 rings (SSSR count). The summed E-state index contributed by atoms with van der Waals surface area (Å²) in [6.07, 6.45) is 1.91. The number of aromatic nitrogens is 3. The van der Waals surface area contributed by atoms with Crippen molar-refractivity contribution in [2.45, 2.75) is 13.2 Å². The summed E-state index contributed by atoms with van der Waals surface area (Å²) in [4.78, 5) is 3.09. The van der Waals surface area contributed by atoms with E-state index in [9.17, 15) is 0 Å². The second-order valence-corrected chi connectivity index (χ2v) is 2.96. The first-order valence-electron chi connectivity index (χ1n) is 4.06. The molecule has 3 heterocycles. The molecule has 2 aromatic rings. The Hall–Kier alpha value is -1.29. The lowest BCUT2D eigenvalue weighted by Crippen LogP contribution is -2.17. The Bertz CT molecular complexity index is 415. The Morgan fingerprint density at radius 2 is 2.58 bits per heavy atom. The highest BCUT2D eigenvalue weighted by Gasteiger charge is 2.14. The van der Waals surface area contributed by atoms with E-state index in [0.717, 1.165) is 18.8 Å². The lowest BCUT2D eigenvalue weighted by Gasteiger charge is -2.13.